The molecular formula is C27H36FN3O2. The van der Waals surface area contributed by atoms with Crippen LogP contribution in [-0.4, -0.2) is 48.8 Å². The van der Waals surface area contributed by atoms with Crippen molar-refractivity contribution in [1.29, 1.82) is 0 Å². The summed E-state index contributed by atoms with van der Waals surface area (Å²) in [5.41, 5.74) is 4.83. The lowest BCUT2D eigenvalue weighted by Crippen LogP contribution is -2.29. The number of carbonyl (C=O) groups excluding carboxylic acids is 2. The van der Waals surface area contributed by atoms with E-state index >= 15 is 0 Å². The number of aromatic nitrogens is 1. The number of hydrogen-bond donors (Lipinski definition) is 1. The van der Waals surface area contributed by atoms with Crippen molar-refractivity contribution in [2.45, 2.75) is 47.5 Å². The summed E-state index contributed by atoms with van der Waals surface area (Å²) in [5.74, 6) is -0.189. The molecule has 0 saturated carbocycles. The molecule has 1 aliphatic rings. The average Bonchev–Trinajstić information content (AvgIpc) is 3.19. The highest BCUT2D eigenvalue weighted by Gasteiger charge is 2.33. The molecule has 3 rings (SSSR count). The molecule has 2 atom stereocenters. The highest BCUT2D eigenvalue weighted by atomic mass is 19.1. The van der Waals surface area contributed by atoms with E-state index in [4.69, 9.17) is 0 Å². The quantitative estimate of drug-likeness (QED) is 0.404. The molecule has 178 valence electrons. The van der Waals surface area contributed by atoms with E-state index in [2.05, 4.69) is 23.7 Å². The van der Waals surface area contributed by atoms with Gasteiger partial charge in [0.15, 0.2) is 5.78 Å². The van der Waals surface area contributed by atoms with E-state index in [1.807, 2.05) is 34.9 Å². The number of amides is 1. The molecule has 1 N–H and O–H groups in total. The first-order valence-electron chi connectivity index (χ1n) is 11.8. The highest BCUT2D eigenvalue weighted by molar-refractivity contribution is 6.35. The number of ketones is 1. The van der Waals surface area contributed by atoms with Gasteiger partial charge in [-0.2, -0.15) is 0 Å². The van der Waals surface area contributed by atoms with E-state index in [1.165, 1.54) is 12.1 Å². The first-order valence-corrected chi connectivity index (χ1v) is 11.8. The third-order valence-corrected chi connectivity index (χ3v) is 6.92. The number of Topliss-reactive ketones (excluding diaryl/α,β-unsaturated/α-hetero) is 1. The Kier molecular flexibility index (Phi) is 7.58. The van der Waals surface area contributed by atoms with Gasteiger partial charge in [0.2, 0.25) is 0 Å². The van der Waals surface area contributed by atoms with Crippen LogP contribution in [0.15, 0.2) is 18.2 Å². The Bertz CT molecular complexity index is 1080. The summed E-state index contributed by atoms with van der Waals surface area (Å²) in [6.45, 7) is 11.4. The molecule has 0 bridgehead atoms. The molecule has 1 amide bonds. The molecule has 33 heavy (non-hydrogen) atoms. The number of benzene rings is 1. The van der Waals surface area contributed by atoms with Crippen LogP contribution in [0.5, 0.6) is 0 Å². The molecule has 0 radical (unpaired) electrons. The van der Waals surface area contributed by atoms with Gasteiger partial charge < -0.3 is 14.8 Å². The Labute approximate surface area is 196 Å². The van der Waals surface area contributed by atoms with Crippen LogP contribution in [0.1, 0.15) is 66.5 Å². The van der Waals surface area contributed by atoms with Crippen molar-refractivity contribution in [2.75, 3.05) is 32.1 Å². The van der Waals surface area contributed by atoms with Crippen molar-refractivity contribution >= 4 is 29.0 Å². The van der Waals surface area contributed by atoms with Gasteiger partial charge in [-0.05, 0) is 76.7 Å². The lowest BCUT2D eigenvalue weighted by atomic mass is 9.85. The van der Waals surface area contributed by atoms with Crippen molar-refractivity contribution in [1.82, 2.24) is 9.88 Å². The summed E-state index contributed by atoms with van der Waals surface area (Å²) in [5, 5.41) is 0. The minimum Gasteiger partial charge on any atom is -0.358 e. The minimum absolute atomic E-state index is 0.0844. The number of H-pyrrole nitrogens is 1. The van der Waals surface area contributed by atoms with Gasteiger partial charge in [-0.25, -0.2) is 4.39 Å². The predicted octanol–water partition coefficient (Wildman–Crippen LogP) is 5.47. The lowest BCUT2D eigenvalue weighted by Gasteiger charge is -2.18. The van der Waals surface area contributed by atoms with E-state index in [0.717, 1.165) is 42.0 Å². The summed E-state index contributed by atoms with van der Waals surface area (Å²) in [4.78, 5) is 33.7. The van der Waals surface area contributed by atoms with Gasteiger partial charge in [-0.1, -0.05) is 27.2 Å². The van der Waals surface area contributed by atoms with Gasteiger partial charge in [-0.15, -0.1) is 0 Å². The van der Waals surface area contributed by atoms with Crippen LogP contribution in [0.4, 0.5) is 10.1 Å². The lowest BCUT2D eigenvalue weighted by molar-refractivity contribution is -0.113. The average molecular weight is 454 g/mol. The van der Waals surface area contributed by atoms with Gasteiger partial charge in [0, 0.05) is 35.0 Å². The summed E-state index contributed by atoms with van der Waals surface area (Å²) in [6, 6.07) is 4.49. The van der Waals surface area contributed by atoms with Crippen LogP contribution in [0, 0.1) is 31.5 Å². The van der Waals surface area contributed by atoms with Crippen molar-refractivity contribution in [2.24, 2.45) is 11.8 Å². The predicted molar refractivity (Wildman–Crippen MR) is 133 cm³/mol. The second-order valence-electron chi connectivity index (χ2n) is 9.54. The Morgan fingerprint density at radius 3 is 2.58 bits per heavy atom. The molecule has 1 aliphatic heterocycles. The zero-order chi connectivity index (χ0) is 24.4. The number of fused-ring (bicyclic) bond motifs is 1. The van der Waals surface area contributed by atoms with Crippen LogP contribution in [-0.2, 0) is 4.79 Å². The molecule has 2 aromatic rings. The van der Waals surface area contributed by atoms with Crippen molar-refractivity contribution in [3.8, 4) is 0 Å². The van der Waals surface area contributed by atoms with Gasteiger partial charge in [-0.3, -0.25) is 9.59 Å². The van der Waals surface area contributed by atoms with E-state index in [0.29, 0.717) is 23.2 Å². The van der Waals surface area contributed by atoms with Crippen LogP contribution in [0.2, 0.25) is 0 Å². The zero-order valence-electron chi connectivity index (χ0n) is 20.9. The van der Waals surface area contributed by atoms with Gasteiger partial charge in [0.1, 0.15) is 5.82 Å². The number of anilines is 1. The number of halogens is 1. The fraction of sp³-hybridized carbons (Fsp3) is 0.481. The largest absolute Gasteiger partial charge is 0.358 e. The molecule has 0 saturated heterocycles. The van der Waals surface area contributed by atoms with E-state index < -0.39 is 0 Å². The highest BCUT2D eigenvalue weighted by Crippen LogP contribution is 2.39. The van der Waals surface area contributed by atoms with Crippen molar-refractivity contribution in [3.63, 3.8) is 0 Å². The van der Waals surface area contributed by atoms with Crippen molar-refractivity contribution < 1.29 is 14.0 Å². The van der Waals surface area contributed by atoms with E-state index in [-0.39, 0.29) is 29.3 Å². The minimum atomic E-state index is -0.375. The molecule has 1 aromatic carbocycles. The first kappa shape index (κ1) is 24.9. The zero-order valence-corrected chi connectivity index (χ0v) is 20.9. The van der Waals surface area contributed by atoms with Gasteiger partial charge >= 0.3 is 0 Å². The molecule has 2 heterocycles. The number of aromatic amines is 1. The molecular weight excluding hydrogens is 417 g/mol. The molecule has 2 unspecified atom stereocenters. The second kappa shape index (κ2) is 10.0. The Morgan fingerprint density at radius 1 is 1.24 bits per heavy atom. The number of hydrogen-bond acceptors (Lipinski definition) is 3. The third-order valence-electron chi connectivity index (χ3n) is 6.92. The maximum absolute atomic E-state index is 14.1. The first-order chi connectivity index (χ1) is 15.6. The Balaban J connectivity index is 2.00. The monoisotopic (exact) mass is 453 g/mol. The summed E-state index contributed by atoms with van der Waals surface area (Å²) in [6.07, 6.45) is 3.53. The molecule has 6 heteroatoms. The van der Waals surface area contributed by atoms with Crippen LogP contribution < -0.4 is 4.90 Å². The number of nitrogens with zero attached hydrogens (tertiary/aromatic N) is 2. The normalized spacial score (nSPS) is 16.6. The van der Waals surface area contributed by atoms with Gasteiger partial charge in [0.25, 0.3) is 5.91 Å². The summed E-state index contributed by atoms with van der Waals surface area (Å²) >= 11 is 0. The Hall–Kier alpha value is -2.73. The molecule has 5 nitrogen and oxygen atoms in total. The fourth-order valence-corrected chi connectivity index (χ4v) is 4.51. The molecule has 0 spiro atoms. The maximum Gasteiger partial charge on any atom is 0.259 e. The standard InChI is InChI=1S/C27H36FN3O2/c1-8-16(2)17(3)26(32)25-18(4)23(29-19(25)5)15-22-21-14-20(28)10-11-24(21)31(27(22)33)13-9-12-30(6)7/h10-11,14-17,29H,8-9,12-13H2,1-7H3. The topological polar surface area (TPSA) is 56.4 Å². The SMILES string of the molecule is CCC(C)C(C)C(=O)c1c(C)[nH]c(C=C2C(=O)N(CCCN(C)C)c3ccc(F)cc32)c1C. The summed E-state index contributed by atoms with van der Waals surface area (Å²) in [7, 11) is 4.00. The number of aryl methyl sites for hydroxylation is 1. The molecule has 1 aromatic heterocycles. The molecule has 0 fully saturated rings. The smallest absolute Gasteiger partial charge is 0.259 e. The van der Waals surface area contributed by atoms with Crippen molar-refractivity contribution in [3.05, 3.63) is 52.1 Å². The van der Waals surface area contributed by atoms with E-state index in [9.17, 15) is 14.0 Å². The second-order valence-corrected chi connectivity index (χ2v) is 9.54. The Morgan fingerprint density at radius 2 is 1.94 bits per heavy atom. The van der Waals surface area contributed by atoms with Gasteiger partial charge in [0.05, 0.1) is 11.3 Å². The number of carbonyl (C=O) groups is 2. The summed E-state index contributed by atoms with van der Waals surface area (Å²) < 4.78 is 14.1. The number of rotatable bonds is 9. The maximum atomic E-state index is 14.1. The fourth-order valence-electron chi connectivity index (χ4n) is 4.51. The van der Waals surface area contributed by atoms with Crippen LogP contribution >= 0.6 is 0 Å². The van der Waals surface area contributed by atoms with Crippen LogP contribution in [0.25, 0.3) is 11.6 Å². The van der Waals surface area contributed by atoms with E-state index in [1.54, 1.807) is 17.0 Å². The third kappa shape index (κ3) is 4.96. The van der Waals surface area contributed by atoms with Crippen LogP contribution in [0.3, 0.4) is 0 Å². The number of nitrogens with one attached hydrogen (secondary N) is 1. The molecule has 0 aliphatic carbocycles.